The van der Waals surface area contributed by atoms with Crippen LogP contribution < -0.4 is 15.4 Å². The number of carbonyl (C=O) groups excluding carboxylic acids is 2. The summed E-state index contributed by atoms with van der Waals surface area (Å²) >= 11 is 4.63. The molecule has 2 N–H and O–H groups in total. The first-order valence-corrected chi connectivity index (χ1v) is 9.68. The second-order valence-electron chi connectivity index (χ2n) is 5.00. The fourth-order valence-electron chi connectivity index (χ4n) is 2.02. The molecule has 0 atom stereocenters. The van der Waals surface area contributed by atoms with Crippen molar-refractivity contribution in [2.24, 2.45) is 0 Å². The molecule has 2 aromatic carbocycles. The van der Waals surface area contributed by atoms with E-state index in [1.807, 2.05) is 43.3 Å². The summed E-state index contributed by atoms with van der Waals surface area (Å²) in [5, 5.41) is 5.61. The largest absolute Gasteiger partial charge is 0.492 e. The minimum absolute atomic E-state index is 0.153. The van der Waals surface area contributed by atoms with Crippen LogP contribution in [0.5, 0.6) is 5.75 Å². The summed E-state index contributed by atoms with van der Waals surface area (Å²) in [6.45, 7) is 2.41. The molecule has 2 amide bonds. The Kier molecular flexibility index (Phi) is 7.81. The number of amides is 2. The smallest absolute Gasteiger partial charge is 0.234 e. The van der Waals surface area contributed by atoms with E-state index in [2.05, 4.69) is 26.6 Å². The number of carbonyl (C=O) groups is 2. The van der Waals surface area contributed by atoms with Gasteiger partial charge in [0.05, 0.1) is 29.5 Å². The summed E-state index contributed by atoms with van der Waals surface area (Å²) in [6.07, 6.45) is 0. The first kappa shape index (κ1) is 19.3. The number of benzene rings is 2. The number of hydrogen-bond donors (Lipinski definition) is 2. The van der Waals surface area contributed by atoms with E-state index in [0.717, 1.165) is 4.47 Å². The lowest BCUT2D eigenvalue weighted by Gasteiger charge is -2.11. The molecule has 0 aliphatic rings. The Labute approximate surface area is 159 Å². The minimum Gasteiger partial charge on any atom is -0.492 e. The fourth-order valence-corrected chi connectivity index (χ4v) is 3.02. The number of anilines is 2. The van der Waals surface area contributed by atoms with Crippen molar-refractivity contribution >= 4 is 50.9 Å². The van der Waals surface area contributed by atoms with Gasteiger partial charge in [-0.15, -0.1) is 11.8 Å². The van der Waals surface area contributed by atoms with Crippen molar-refractivity contribution in [3.05, 3.63) is 53.0 Å². The van der Waals surface area contributed by atoms with Crippen molar-refractivity contribution in [2.45, 2.75) is 6.92 Å². The van der Waals surface area contributed by atoms with Crippen LogP contribution in [-0.2, 0) is 9.59 Å². The number of para-hydroxylation sites is 3. The molecule has 0 saturated heterocycles. The molecule has 0 aliphatic carbocycles. The van der Waals surface area contributed by atoms with Crippen LogP contribution >= 0.6 is 27.7 Å². The van der Waals surface area contributed by atoms with Crippen molar-refractivity contribution in [1.82, 2.24) is 0 Å². The zero-order valence-electron chi connectivity index (χ0n) is 13.8. The molecule has 0 saturated carbocycles. The zero-order valence-corrected chi connectivity index (χ0v) is 16.2. The van der Waals surface area contributed by atoms with Gasteiger partial charge in [0.15, 0.2) is 0 Å². The SMILES string of the molecule is CCOc1ccccc1NC(=O)CSCC(=O)Nc1ccccc1Br. The van der Waals surface area contributed by atoms with Crippen LogP contribution in [-0.4, -0.2) is 29.9 Å². The summed E-state index contributed by atoms with van der Waals surface area (Å²) in [5.41, 5.74) is 1.34. The lowest BCUT2D eigenvalue weighted by molar-refractivity contribution is -0.114. The molecular weight excluding hydrogens is 404 g/mol. The second-order valence-corrected chi connectivity index (χ2v) is 6.84. The number of ether oxygens (including phenoxy) is 1. The van der Waals surface area contributed by atoms with Gasteiger partial charge in [0.25, 0.3) is 0 Å². The van der Waals surface area contributed by atoms with Crippen LogP contribution in [0.3, 0.4) is 0 Å². The molecule has 0 fully saturated rings. The first-order chi connectivity index (χ1) is 12.1. The van der Waals surface area contributed by atoms with Gasteiger partial charge in [-0.3, -0.25) is 9.59 Å². The molecular formula is C18H19BrN2O3S. The second kappa shape index (κ2) is 10.1. The summed E-state index contributed by atoms with van der Waals surface area (Å²) < 4.78 is 6.29. The van der Waals surface area contributed by atoms with Crippen molar-refractivity contribution in [1.29, 1.82) is 0 Å². The maximum absolute atomic E-state index is 12.0. The van der Waals surface area contributed by atoms with Crippen LogP contribution in [0.2, 0.25) is 0 Å². The molecule has 0 heterocycles. The number of rotatable bonds is 8. The number of halogens is 1. The molecule has 0 unspecified atom stereocenters. The predicted molar refractivity (Wildman–Crippen MR) is 106 cm³/mol. The third kappa shape index (κ3) is 6.43. The molecule has 0 aromatic heterocycles. The molecule has 0 spiro atoms. The topological polar surface area (TPSA) is 67.4 Å². The molecule has 2 rings (SSSR count). The third-order valence-corrected chi connectivity index (χ3v) is 4.70. The van der Waals surface area contributed by atoms with Crippen LogP contribution in [0, 0.1) is 0 Å². The highest BCUT2D eigenvalue weighted by Crippen LogP contribution is 2.24. The Bertz CT molecular complexity index is 740. The minimum atomic E-state index is -0.175. The maximum Gasteiger partial charge on any atom is 0.234 e. The highest BCUT2D eigenvalue weighted by Gasteiger charge is 2.10. The van der Waals surface area contributed by atoms with Gasteiger partial charge in [-0.05, 0) is 47.1 Å². The quantitative estimate of drug-likeness (QED) is 0.669. The van der Waals surface area contributed by atoms with E-state index in [1.165, 1.54) is 11.8 Å². The Balaban J connectivity index is 1.77. The molecule has 132 valence electrons. The molecule has 0 radical (unpaired) electrons. The standard InChI is InChI=1S/C18H19BrN2O3S/c1-2-24-16-10-6-5-9-15(16)21-18(23)12-25-11-17(22)20-14-8-4-3-7-13(14)19/h3-10H,2,11-12H2,1H3,(H,20,22)(H,21,23). The zero-order chi connectivity index (χ0) is 18.1. The van der Waals surface area contributed by atoms with Gasteiger partial charge in [0.2, 0.25) is 11.8 Å². The first-order valence-electron chi connectivity index (χ1n) is 7.74. The monoisotopic (exact) mass is 422 g/mol. The van der Waals surface area contributed by atoms with E-state index in [0.29, 0.717) is 23.7 Å². The average Bonchev–Trinajstić information content (AvgIpc) is 2.59. The van der Waals surface area contributed by atoms with Gasteiger partial charge >= 0.3 is 0 Å². The van der Waals surface area contributed by atoms with E-state index in [-0.39, 0.29) is 23.3 Å². The van der Waals surface area contributed by atoms with Crippen molar-refractivity contribution < 1.29 is 14.3 Å². The van der Waals surface area contributed by atoms with Crippen LogP contribution in [0.25, 0.3) is 0 Å². The van der Waals surface area contributed by atoms with Crippen LogP contribution in [0.15, 0.2) is 53.0 Å². The fraction of sp³-hybridized carbons (Fsp3) is 0.222. The van der Waals surface area contributed by atoms with Gasteiger partial charge in [-0.25, -0.2) is 0 Å². The lowest BCUT2D eigenvalue weighted by Crippen LogP contribution is -2.19. The maximum atomic E-state index is 12.0. The van der Waals surface area contributed by atoms with Crippen LogP contribution in [0.1, 0.15) is 6.92 Å². The van der Waals surface area contributed by atoms with Gasteiger partial charge in [-0.1, -0.05) is 24.3 Å². The Morgan fingerprint density at radius 3 is 2.16 bits per heavy atom. The van der Waals surface area contributed by atoms with Gasteiger partial charge in [0, 0.05) is 4.47 Å². The average molecular weight is 423 g/mol. The van der Waals surface area contributed by atoms with E-state index < -0.39 is 0 Å². The number of hydrogen-bond acceptors (Lipinski definition) is 4. The Morgan fingerprint density at radius 1 is 0.960 bits per heavy atom. The summed E-state index contributed by atoms with van der Waals surface area (Å²) in [7, 11) is 0. The lowest BCUT2D eigenvalue weighted by atomic mass is 10.3. The number of nitrogens with one attached hydrogen (secondary N) is 2. The Morgan fingerprint density at radius 2 is 1.52 bits per heavy atom. The number of thioether (sulfide) groups is 1. The molecule has 2 aromatic rings. The Hall–Kier alpha value is -1.99. The molecule has 7 heteroatoms. The van der Waals surface area contributed by atoms with Gasteiger partial charge in [-0.2, -0.15) is 0 Å². The van der Waals surface area contributed by atoms with E-state index in [4.69, 9.17) is 4.74 Å². The van der Waals surface area contributed by atoms with Crippen molar-refractivity contribution in [2.75, 3.05) is 28.7 Å². The van der Waals surface area contributed by atoms with Gasteiger partial charge < -0.3 is 15.4 Å². The van der Waals surface area contributed by atoms with Crippen molar-refractivity contribution in [3.63, 3.8) is 0 Å². The summed E-state index contributed by atoms with van der Waals surface area (Å²) in [6, 6.07) is 14.6. The van der Waals surface area contributed by atoms with E-state index >= 15 is 0 Å². The van der Waals surface area contributed by atoms with E-state index in [1.54, 1.807) is 12.1 Å². The normalized spacial score (nSPS) is 10.2. The predicted octanol–water partition coefficient (Wildman–Crippen LogP) is 4.16. The molecule has 25 heavy (non-hydrogen) atoms. The van der Waals surface area contributed by atoms with Crippen molar-refractivity contribution in [3.8, 4) is 5.75 Å². The molecule has 5 nitrogen and oxygen atoms in total. The highest BCUT2D eigenvalue weighted by molar-refractivity contribution is 9.10. The molecule has 0 bridgehead atoms. The summed E-state index contributed by atoms with van der Waals surface area (Å²) in [5.74, 6) is 0.686. The molecule has 0 aliphatic heterocycles. The third-order valence-electron chi connectivity index (χ3n) is 3.08. The summed E-state index contributed by atoms with van der Waals surface area (Å²) in [4.78, 5) is 24.0. The van der Waals surface area contributed by atoms with Gasteiger partial charge in [0.1, 0.15) is 5.75 Å². The highest BCUT2D eigenvalue weighted by atomic mass is 79.9. The van der Waals surface area contributed by atoms with E-state index in [9.17, 15) is 9.59 Å². The van der Waals surface area contributed by atoms with Crippen LogP contribution in [0.4, 0.5) is 11.4 Å².